The van der Waals surface area contributed by atoms with E-state index in [2.05, 4.69) is 32.9 Å². The molecule has 432 valence electrons. The monoisotopic (exact) mass is 1030 g/mol. The van der Waals surface area contributed by atoms with Gasteiger partial charge in [-0.3, -0.25) is 14.4 Å². The van der Waals surface area contributed by atoms with E-state index in [0.29, 0.717) is 19.3 Å². The van der Waals surface area contributed by atoms with Gasteiger partial charge in [-0.05, 0) is 44.9 Å². The second-order valence-corrected chi connectivity index (χ2v) is 22.7. The van der Waals surface area contributed by atoms with Crippen LogP contribution in [0, 0.1) is 0 Å². The Morgan fingerprint density at radius 3 is 0.685 bits per heavy atom. The lowest BCUT2D eigenvalue weighted by molar-refractivity contribution is -0.167. The van der Waals surface area contributed by atoms with Crippen LogP contribution in [0.15, 0.2) is 12.2 Å². The van der Waals surface area contributed by atoms with Crippen LogP contribution < -0.4 is 0 Å². The summed E-state index contributed by atoms with van der Waals surface area (Å²) < 4.78 is 16.8. The first-order valence-corrected chi connectivity index (χ1v) is 33.2. The van der Waals surface area contributed by atoms with Crippen molar-refractivity contribution >= 4 is 17.9 Å². The fraction of sp³-hybridized carbons (Fsp3) is 0.925. The second-order valence-electron chi connectivity index (χ2n) is 22.7. The molecule has 73 heavy (non-hydrogen) atoms. The molecule has 0 amide bonds. The van der Waals surface area contributed by atoms with Crippen LogP contribution in [0.2, 0.25) is 0 Å². The van der Waals surface area contributed by atoms with Gasteiger partial charge in [-0.15, -0.1) is 0 Å². The van der Waals surface area contributed by atoms with Gasteiger partial charge in [-0.25, -0.2) is 0 Å². The van der Waals surface area contributed by atoms with E-state index in [9.17, 15) is 14.4 Å². The fourth-order valence-electron chi connectivity index (χ4n) is 10.3. The normalized spacial score (nSPS) is 12.0. The van der Waals surface area contributed by atoms with Crippen molar-refractivity contribution in [2.75, 3.05) is 13.2 Å². The largest absolute Gasteiger partial charge is 0.462 e. The molecular weight excluding hydrogens is 901 g/mol. The molecule has 0 aromatic rings. The summed E-state index contributed by atoms with van der Waals surface area (Å²) in [6, 6.07) is 0. The molecule has 0 fully saturated rings. The molecule has 0 aliphatic rings. The first-order chi connectivity index (χ1) is 36.0. The summed E-state index contributed by atoms with van der Waals surface area (Å²) in [6.07, 6.45) is 74.2. The minimum atomic E-state index is -0.762. The van der Waals surface area contributed by atoms with Crippen LogP contribution in [-0.4, -0.2) is 37.2 Å². The van der Waals surface area contributed by atoms with Crippen LogP contribution in [0.1, 0.15) is 380 Å². The first kappa shape index (κ1) is 71.2. The zero-order valence-corrected chi connectivity index (χ0v) is 49.7. The van der Waals surface area contributed by atoms with E-state index in [-0.39, 0.29) is 31.1 Å². The summed E-state index contributed by atoms with van der Waals surface area (Å²) >= 11 is 0. The summed E-state index contributed by atoms with van der Waals surface area (Å²) in [5, 5.41) is 0. The van der Waals surface area contributed by atoms with Crippen molar-refractivity contribution in [2.45, 2.75) is 386 Å². The molecule has 0 spiro atoms. The van der Waals surface area contributed by atoms with Crippen molar-refractivity contribution in [1.29, 1.82) is 0 Å². The number of unbranched alkanes of at least 4 members (excludes halogenated alkanes) is 49. The van der Waals surface area contributed by atoms with Gasteiger partial charge in [0.25, 0.3) is 0 Å². The molecule has 0 saturated carbocycles. The average molecular weight is 1030 g/mol. The van der Waals surface area contributed by atoms with Crippen LogP contribution in [0.25, 0.3) is 0 Å². The van der Waals surface area contributed by atoms with Crippen molar-refractivity contribution in [1.82, 2.24) is 0 Å². The highest BCUT2D eigenvalue weighted by Gasteiger charge is 2.19. The molecule has 1 atom stereocenters. The van der Waals surface area contributed by atoms with E-state index in [4.69, 9.17) is 14.2 Å². The third-order valence-corrected chi connectivity index (χ3v) is 15.3. The van der Waals surface area contributed by atoms with Crippen LogP contribution in [0.3, 0.4) is 0 Å². The lowest BCUT2D eigenvalue weighted by atomic mass is 10.0. The van der Waals surface area contributed by atoms with Crippen molar-refractivity contribution in [3.05, 3.63) is 12.2 Å². The van der Waals surface area contributed by atoms with Crippen LogP contribution in [0.4, 0.5) is 0 Å². The van der Waals surface area contributed by atoms with Gasteiger partial charge in [0, 0.05) is 19.3 Å². The molecule has 6 heteroatoms. The number of allylic oxidation sites excluding steroid dienone is 2. The molecule has 0 aliphatic carbocycles. The lowest BCUT2D eigenvalue weighted by Gasteiger charge is -2.18. The Morgan fingerprint density at radius 2 is 0.452 bits per heavy atom. The van der Waals surface area contributed by atoms with Gasteiger partial charge in [0.1, 0.15) is 13.2 Å². The Labute approximate surface area is 456 Å². The van der Waals surface area contributed by atoms with Gasteiger partial charge < -0.3 is 14.2 Å². The Bertz CT molecular complexity index is 1130. The first-order valence-electron chi connectivity index (χ1n) is 33.2. The predicted octanol–water partition coefficient (Wildman–Crippen LogP) is 22.4. The number of ether oxygens (including phenoxy) is 3. The summed E-state index contributed by atoms with van der Waals surface area (Å²) in [5.74, 6) is -0.845. The molecule has 6 nitrogen and oxygen atoms in total. The highest BCUT2D eigenvalue weighted by molar-refractivity contribution is 5.71. The van der Waals surface area contributed by atoms with Crippen molar-refractivity contribution in [2.24, 2.45) is 0 Å². The predicted molar refractivity (Wildman–Crippen MR) is 317 cm³/mol. The molecule has 0 radical (unpaired) electrons. The molecule has 0 saturated heterocycles. The molecule has 1 unspecified atom stereocenters. The van der Waals surface area contributed by atoms with E-state index < -0.39 is 6.10 Å². The number of carbonyl (C=O) groups excluding carboxylic acids is 3. The lowest BCUT2D eigenvalue weighted by Crippen LogP contribution is -2.30. The quantitative estimate of drug-likeness (QED) is 0.0261. The van der Waals surface area contributed by atoms with Gasteiger partial charge in [0.05, 0.1) is 0 Å². The zero-order chi connectivity index (χ0) is 52.9. The van der Waals surface area contributed by atoms with Crippen molar-refractivity contribution < 1.29 is 28.6 Å². The average Bonchev–Trinajstić information content (AvgIpc) is 3.39. The minimum absolute atomic E-state index is 0.0634. The van der Waals surface area contributed by atoms with Crippen LogP contribution in [-0.2, 0) is 28.6 Å². The van der Waals surface area contributed by atoms with E-state index in [0.717, 1.165) is 57.8 Å². The van der Waals surface area contributed by atoms with E-state index in [1.807, 2.05) is 0 Å². The molecule has 0 heterocycles. The Balaban J connectivity index is 3.93. The molecule has 0 aromatic carbocycles. The number of hydrogen-bond acceptors (Lipinski definition) is 6. The number of carbonyl (C=O) groups is 3. The van der Waals surface area contributed by atoms with Crippen LogP contribution >= 0.6 is 0 Å². The third kappa shape index (κ3) is 60.9. The zero-order valence-electron chi connectivity index (χ0n) is 49.7. The molecular formula is C67H128O6. The Morgan fingerprint density at radius 1 is 0.260 bits per heavy atom. The standard InChI is InChI=1S/C67H128O6/c1-4-7-10-13-16-18-20-22-24-26-28-29-30-31-32-33-34-35-36-37-38-39-40-42-43-45-47-49-51-54-57-60-66(69)72-63-64(62-71-65(68)59-56-53-15-12-9-6-3)73-67(70)61-58-55-52-50-48-46-44-41-27-25-23-21-19-17-14-11-8-5-2/h26,28,64H,4-25,27,29-63H2,1-3H3/b28-26-. The number of hydrogen-bond donors (Lipinski definition) is 0. The van der Waals surface area contributed by atoms with Crippen molar-refractivity contribution in [3.8, 4) is 0 Å². The highest BCUT2D eigenvalue weighted by Crippen LogP contribution is 2.18. The minimum Gasteiger partial charge on any atom is -0.462 e. The topological polar surface area (TPSA) is 78.9 Å². The summed E-state index contributed by atoms with van der Waals surface area (Å²) in [4.78, 5) is 38.0. The second kappa shape index (κ2) is 62.7. The number of rotatable bonds is 62. The summed E-state index contributed by atoms with van der Waals surface area (Å²) in [5.41, 5.74) is 0. The van der Waals surface area contributed by atoms with Gasteiger partial charge >= 0.3 is 17.9 Å². The molecule has 0 bridgehead atoms. The maximum absolute atomic E-state index is 12.8. The van der Waals surface area contributed by atoms with Gasteiger partial charge in [0.2, 0.25) is 0 Å². The van der Waals surface area contributed by atoms with Crippen LogP contribution in [0.5, 0.6) is 0 Å². The Kier molecular flexibility index (Phi) is 61.1. The van der Waals surface area contributed by atoms with Crippen molar-refractivity contribution in [3.63, 3.8) is 0 Å². The van der Waals surface area contributed by atoms with E-state index in [1.165, 1.54) is 283 Å². The number of esters is 3. The Hall–Kier alpha value is -1.85. The van der Waals surface area contributed by atoms with E-state index in [1.54, 1.807) is 0 Å². The molecule has 0 N–H and O–H groups in total. The molecule has 0 aromatic heterocycles. The third-order valence-electron chi connectivity index (χ3n) is 15.3. The molecule has 0 aliphatic heterocycles. The van der Waals surface area contributed by atoms with Gasteiger partial charge in [0.15, 0.2) is 6.10 Å². The fourth-order valence-corrected chi connectivity index (χ4v) is 10.3. The smallest absolute Gasteiger partial charge is 0.306 e. The highest BCUT2D eigenvalue weighted by atomic mass is 16.6. The van der Waals surface area contributed by atoms with E-state index >= 15 is 0 Å². The molecule has 0 rings (SSSR count). The summed E-state index contributed by atoms with van der Waals surface area (Å²) in [7, 11) is 0. The SMILES string of the molecule is CCCCCCCCCC/C=C\CCCCCCCCCCCCCCCCCCCCCC(=O)OCC(COC(=O)CCCCCCCC)OC(=O)CCCCCCCCCCCCCCCCCCCC. The maximum atomic E-state index is 12.8. The maximum Gasteiger partial charge on any atom is 0.306 e. The van der Waals surface area contributed by atoms with Gasteiger partial charge in [-0.1, -0.05) is 328 Å². The summed E-state index contributed by atoms with van der Waals surface area (Å²) in [6.45, 7) is 6.65. The van der Waals surface area contributed by atoms with Gasteiger partial charge in [-0.2, -0.15) is 0 Å².